The van der Waals surface area contributed by atoms with Gasteiger partial charge in [0.05, 0.1) is 7.11 Å². The van der Waals surface area contributed by atoms with Gasteiger partial charge in [-0.05, 0) is 60.1 Å². The maximum Gasteiger partial charge on any atom is 0.321 e. The fraction of sp³-hybridized carbons (Fsp3) is 0.217. The number of nitrogens with zero attached hydrogens (tertiary/aromatic N) is 5. The Morgan fingerprint density at radius 1 is 1.03 bits per heavy atom. The number of halogens is 1. The first-order chi connectivity index (χ1) is 16.1. The van der Waals surface area contributed by atoms with E-state index < -0.39 is 0 Å². The van der Waals surface area contributed by atoms with E-state index in [1.165, 1.54) is 30.0 Å². The zero-order valence-electron chi connectivity index (χ0n) is 17.9. The number of nitrogens with one attached hydrogen (secondary N) is 1. The molecule has 10 heteroatoms. The lowest BCUT2D eigenvalue weighted by atomic mass is 10.1. The summed E-state index contributed by atoms with van der Waals surface area (Å²) in [5.41, 5.74) is 3.00. The molecule has 1 fully saturated rings. The van der Waals surface area contributed by atoms with Gasteiger partial charge in [0, 0.05) is 37.4 Å². The van der Waals surface area contributed by atoms with Crippen LogP contribution in [0.2, 0.25) is 0 Å². The van der Waals surface area contributed by atoms with Crippen molar-refractivity contribution in [2.75, 3.05) is 43.5 Å². The number of benzene rings is 2. The largest absolute Gasteiger partial charge is 0.497 e. The summed E-state index contributed by atoms with van der Waals surface area (Å²) < 4.78 is 23.9. The van der Waals surface area contributed by atoms with Gasteiger partial charge < -0.3 is 19.9 Å². The van der Waals surface area contributed by atoms with Gasteiger partial charge in [0.2, 0.25) is 0 Å². The van der Waals surface area contributed by atoms with Crippen LogP contribution < -0.4 is 15.0 Å². The van der Waals surface area contributed by atoms with E-state index in [-0.39, 0.29) is 11.8 Å². The molecular formula is C23H21FN6O2S. The van der Waals surface area contributed by atoms with E-state index in [4.69, 9.17) is 4.74 Å². The number of ether oxygens (including phenoxy) is 1. The van der Waals surface area contributed by atoms with Crippen molar-refractivity contribution in [3.63, 3.8) is 0 Å². The molecule has 2 aromatic heterocycles. The Morgan fingerprint density at radius 2 is 1.76 bits per heavy atom. The number of fused-ring (bicyclic) bond motifs is 1. The molecule has 1 aliphatic heterocycles. The van der Waals surface area contributed by atoms with E-state index in [9.17, 15) is 9.18 Å². The van der Waals surface area contributed by atoms with E-state index in [1.54, 1.807) is 24.1 Å². The summed E-state index contributed by atoms with van der Waals surface area (Å²) >= 11 is 1.33. The van der Waals surface area contributed by atoms with Crippen LogP contribution in [0.3, 0.4) is 0 Å². The second-order valence-electron chi connectivity index (χ2n) is 7.55. The normalized spacial score (nSPS) is 13.9. The van der Waals surface area contributed by atoms with Crippen molar-refractivity contribution in [3.8, 4) is 17.0 Å². The monoisotopic (exact) mass is 464 g/mol. The van der Waals surface area contributed by atoms with E-state index >= 15 is 0 Å². The third-order valence-electron chi connectivity index (χ3n) is 5.56. The van der Waals surface area contributed by atoms with Gasteiger partial charge in [-0.1, -0.05) is 0 Å². The highest BCUT2D eigenvalue weighted by atomic mass is 32.1. The van der Waals surface area contributed by atoms with Crippen molar-refractivity contribution in [1.82, 2.24) is 19.2 Å². The molecule has 0 radical (unpaired) electrons. The summed E-state index contributed by atoms with van der Waals surface area (Å²) in [4.78, 5) is 25.5. The molecule has 1 aliphatic rings. The number of methoxy groups -OCH3 is 1. The van der Waals surface area contributed by atoms with Gasteiger partial charge in [-0.25, -0.2) is 19.2 Å². The lowest BCUT2D eigenvalue weighted by Crippen LogP contribution is -2.50. The van der Waals surface area contributed by atoms with Crippen LogP contribution in [0.15, 0.2) is 54.9 Å². The van der Waals surface area contributed by atoms with E-state index in [1.807, 2.05) is 24.3 Å². The molecular weight excluding hydrogens is 443 g/mol. The van der Waals surface area contributed by atoms with Crippen LogP contribution in [0.1, 0.15) is 0 Å². The Morgan fingerprint density at radius 3 is 2.45 bits per heavy atom. The van der Waals surface area contributed by atoms with Crippen LogP contribution in [0.25, 0.3) is 21.5 Å². The third kappa shape index (κ3) is 4.29. The number of amides is 2. The predicted molar refractivity (Wildman–Crippen MR) is 126 cm³/mol. The maximum atomic E-state index is 13.3. The Kier molecular flexibility index (Phi) is 5.74. The Hall–Kier alpha value is -3.79. The van der Waals surface area contributed by atoms with Crippen molar-refractivity contribution >= 4 is 39.3 Å². The van der Waals surface area contributed by atoms with Crippen molar-refractivity contribution < 1.29 is 13.9 Å². The minimum atomic E-state index is -0.289. The predicted octanol–water partition coefficient (Wildman–Crippen LogP) is 4.26. The molecule has 4 aromatic rings. The summed E-state index contributed by atoms with van der Waals surface area (Å²) in [6.07, 6.45) is 1.53. The van der Waals surface area contributed by atoms with Crippen LogP contribution >= 0.6 is 11.5 Å². The SMILES string of the molecule is COc1ccc(NC(=O)N2CCN(c3ncnc4c(-c5ccc(F)cc5)nsc34)CC2)cc1. The number of piperazine rings is 1. The minimum Gasteiger partial charge on any atom is -0.497 e. The number of aromatic nitrogens is 3. The van der Waals surface area contributed by atoms with E-state index in [2.05, 4.69) is 24.6 Å². The first kappa shape index (κ1) is 21.1. The number of carbonyl (C=O) groups excluding carboxylic acids is 1. The summed E-state index contributed by atoms with van der Waals surface area (Å²) in [5.74, 6) is 1.26. The van der Waals surface area contributed by atoms with Gasteiger partial charge in [-0.2, -0.15) is 4.37 Å². The molecule has 1 N–H and O–H groups in total. The summed E-state index contributed by atoms with van der Waals surface area (Å²) in [5, 5.41) is 2.93. The minimum absolute atomic E-state index is 0.135. The molecule has 8 nitrogen and oxygen atoms in total. The Bertz CT molecular complexity index is 1270. The molecule has 0 aliphatic carbocycles. The average Bonchev–Trinajstić information content (AvgIpc) is 3.29. The molecule has 5 rings (SSSR count). The zero-order valence-corrected chi connectivity index (χ0v) is 18.7. The standard InChI is InChI=1S/C23H21FN6O2S/c1-32-18-8-6-17(7-9-18)27-23(31)30-12-10-29(11-13-30)22-21-20(25-14-26-22)19(28-33-21)15-2-4-16(24)5-3-15/h2-9,14H,10-13H2,1H3,(H,27,31). The second kappa shape index (κ2) is 8.99. The van der Waals surface area contributed by atoms with Crippen LogP contribution in [0, 0.1) is 5.82 Å². The fourth-order valence-electron chi connectivity index (χ4n) is 3.77. The van der Waals surface area contributed by atoms with Crippen LogP contribution in [0.4, 0.5) is 20.7 Å². The number of rotatable bonds is 4. The second-order valence-corrected chi connectivity index (χ2v) is 8.32. The van der Waals surface area contributed by atoms with Gasteiger partial charge >= 0.3 is 6.03 Å². The zero-order chi connectivity index (χ0) is 22.8. The molecule has 33 heavy (non-hydrogen) atoms. The first-order valence-electron chi connectivity index (χ1n) is 10.4. The average molecular weight is 465 g/mol. The van der Waals surface area contributed by atoms with E-state index in [0.29, 0.717) is 26.2 Å². The fourth-order valence-corrected chi connectivity index (χ4v) is 4.65. The Balaban J connectivity index is 1.28. The number of carbonyl (C=O) groups is 1. The molecule has 0 atom stereocenters. The molecule has 0 unspecified atom stereocenters. The van der Waals surface area contributed by atoms with Crippen LogP contribution in [0.5, 0.6) is 5.75 Å². The Labute approximate surface area is 193 Å². The number of hydrogen-bond donors (Lipinski definition) is 1. The van der Waals surface area contributed by atoms with Gasteiger partial charge in [-0.3, -0.25) is 0 Å². The van der Waals surface area contributed by atoms with Gasteiger partial charge in [0.25, 0.3) is 0 Å². The highest BCUT2D eigenvalue weighted by Gasteiger charge is 2.25. The quantitative estimate of drug-likeness (QED) is 0.486. The maximum absolute atomic E-state index is 13.3. The summed E-state index contributed by atoms with van der Waals surface area (Å²) in [6, 6.07) is 13.3. The molecule has 0 bridgehead atoms. The lowest BCUT2D eigenvalue weighted by molar-refractivity contribution is 0.208. The van der Waals surface area contributed by atoms with Gasteiger partial charge in [-0.15, -0.1) is 0 Å². The van der Waals surface area contributed by atoms with Gasteiger partial charge in [0.15, 0.2) is 5.82 Å². The molecule has 0 spiro atoms. The van der Waals surface area contributed by atoms with Crippen LogP contribution in [-0.4, -0.2) is 58.6 Å². The van der Waals surface area contributed by atoms with Crippen molar-refractivity contribution in [1.29, 1.82) is 0 Å². The molecule has 3 heterocycles. The molecule has 168 valence electrons. The van der Waals surface area contributed by atoms with Gasteiger partial charge in [0.1, 0.15) is 33.8 Å². The summed E-state index contributed by atoms with van der Waals surface area (Å²) in [6.45, 7) is 2.42. The highest BCUT2D eigenvalue weighted by Crippen LogP contribution is 2.34. The lowest BCUT2D eigenvalue weighted by Gasteiger charge is -2.35. The van der Waals surface area contributed by atoms with Crippen LogP contribution in [-0.2, 0) is 0 Å². The number of anilines is 2. The first-order valence-corrected chi connectivity index (χ1v) is 11.2. The topological polar surface area (TPSA) is 83.5 Å². The molecule has 2 aromatic carbocycles. The van der Waals surface area contributed by atoms with E-state index in [0.717, 1.165) is 38.7 Å². The van der Waals surface area contributed by atoms with Crippen molar-refractivity contribution in [2.24, 2.45) is 0 Å². The number of urea groups is 1. The third-order valence-corrected chi connectivity index (χ3v) is 6.40. The summed E-state index contributed by atoms with van der Waals surface area (Å²) in [7, 11) is 1.61. The highest BCUT2D eigenvalue weighted by molar-refractivity contribution is 7.14. The number of hydrogen-bond acceptors (Lipinski definition) is 7. The van der Waals surface area contributed by atoms with Crippen molar-refractivity contribution in [2.45, 2.75) is 0 Å². The molecule has 0 saturated carbocycles. The van der Waals surface area contributed by atoms with Crippen molar-refractivity contribution in [3.05, 3.63) is 60.7 Å². The molecule has 2 amide bonds. The molecule has 1 saturated heterocycles. The smallest absolute Gasteiger partial charge is 0.321 e.